The van der Waals surface area contributed by atoms with Gasteiger partial charge in [0.15, 0.2) is 0 Å². The van der Waals surface area contributed by atoms with Crippen LogP contribution in [0.4, 0.5) is 0 Å². The molecule has 3 fully saturated rings. The van der Waals surface area contributed by atoms with Crippen molar-refractivity contribution in [1.29, 1.82) is 5.26 Å². The van der Waals surface area contributed by atoms with Crippen LogP contribution in [0.5, 0.6) is 5.75 Å². The maximum atomic E-state index is 11.6. The average Bonchev–Trinajstić information content (AvgIpc) is 3.47. The van der Waals surface area contributed by atoms with Crippen molar-refractivity contribution in [3.63, 3.8) is 0 Å². The Bertz CT molecular complexity index is 1490. The van der Waals surface area contributed by atoms with Crippen LogP contribution in [0, 0.1) is 11.3 Å². The molecule has 0 unspecified atom stereocenters. The van der Waals surface area contributed by atoms with Crippen molar-refractivity contribution in [2.75, 3.05) is 58.0 Å². The molecule has 3 saturated heterocycles. The number of nitrogens with two attached hydrogens (primary N) is 1. The van der Waals surface area contributed by atoms with Crippen molar-refractivity contribution in [1.82, 2.24) is 14.8 Å². The maximum Gasteiger partial charge on any atom is 0.137 e. The Morgan fingerprint density at radius 2 is 1.74 bits per heavy atom. The lowest BCUT2D eigenvalue weighted by Crippen LogP contribution is -2.56. The highest BCUT2D eigenvalue weighted by Gasteiger charge is 2.28. The average molecular weight is 668 g/mol. The summed E-state index contributed by atoms with van der Waals surface area (Å²) in [4.78, 5) is 8.34. The van der Waals surface area contributed by atoms with E-state index in [2.05, 4.69) is 67.3 Å². The van der Waals surface area contributed by atoms with E-state index in [1.54, 1.807) is 12.1 Å². The topological polar surface area (TPSA) is 128 Å². The first-order valence-electron chi connectivity index (χ1n) is 16.8. The highest BCUT2D eigenvalue weighted by Crippen LogP contribution is 2.25. The number of benzene rings is 1. The fourth-order valence-corrected chi connectivity index (χ4v) is 6.63. The molecule has 9 nitrogen and oxygen atoms in total. The number of H-pyrrole nitrogens is 1. The molecule has 0 atom stereocenters. The van der Waals surface area contributed by atoms with Gasteiger partial charge in [-0.25, -0.2) is 0 Å². The first-order chi connectivity index (χ1) is 22.7. The summed E-state index contributed by atoms with van der Waals surface area (Å²) < 4.78 is 23.1. The van der Waals surface area contributed by atoms with Gasteiger partial charge >= 0.3 is 0 Å². The molecule has 0 bridgehead atoms. The third-order valence-corrected chi connectivity index (χ3v) is 9.56. The second-order valence-corrected chi connectivity index (χ2v) is 13.3. The van der Waals surface area contributed by atoms with Crippen LogP contribution in [0.25, 0.3) is 17.8 Å². The van der Waals surface area contributed by atoms with E-state index >= 15 is 0 Å². The summed E-state index contributed by atoms with van der Waals surface area (Å²) in [6.45, 7) is 22.6. The minimum absolute atomic E-state index is 0.0184. The van der Waals surface area contributed by atoms with E-state index < -0.39 is 10.8 Å². The number of ether oxygens (including phenoxy) is 2. The van der Waals surface area contributed by atoms with Gasteiger partial charge in [0, 0.05) is 83.2 Å². The molecular formula is C37H57N5O4S. The first kappa shape index (κ1) is 39.8. The van der Waals surface area contributed by atoms with Crippen molar-refractivity contribution < 1.29 is 18.8 Å². The molecule has 0 spiro atoms. The summed E-state index contributed by atoms with van der Waals surface area (Å²) in [6.07, 6.45) is 7.01. The fourth-order valence-electron chi connectivity index (χ4n) is 5.38. The van der Waals surface area contributed by atoms with E-state index in [9.17, 15) is 9.47 Å². The molecule has 0 amide bonds. The molecule has 3 aliphatic heterocycles. The number of nitrogens with zero attached hydrogens (tertiary/aromatic N) is 3. The van der Waals surface area contributed by atoms with Gasteiger partial charge in [-0.15, -0.1) is 0 Å². The van der Waals surface area contributed by atoms with E-state index in [0.717, 1.165) is 86.7 Å². The van der Waals surface area contributed by atoms with Crippen molar-refractivity contribution in [2.24, 2.45) is 5.73 Å². The van der Waals surface area contributed by atoms with E-state index in [4.69, 9.17) is 20.3 Å². The molecular weight excluding hydrogens is 611 g/mol. The van der Waals surface area contributed by atoms with Crippen molar-refractivity contribution in [3.05, 3.63) is 69.5 Å². The number of piperazine rings is 1. The van der Waals surface area contributed by atoms with Gasteiger partial charge in [0.2, 0.25) is 0 Å². The molecule has 0 radical (unpaired) electrons. The number of aliphatic hydroxyl groups is 1. The maximum absolute atomic E-state index is 11.6. The first-order valence-corrected chi connectivity index (χ1v) is 18.3. The summed E-state index contributed by atoms with van der Waals surface area (Å²) in [5, 5.41) is 18.3. The zero-order valence-electron chi connectivity index (χ0n) is 29.6. The standard InChI is InChI=1S/C31H39N5O3S.C3H8.C2H6.CH4O/c1-21(4-5-22(2)35-10-12-36(13-11-35)26-19-38-20-26)29-17-28(23(3)34-29)31(33)24-6-7-30(25(16-24)18-32)39-27-8-14-40(37)15-9-27;1-3-2;2*1-2/h4-7,16-17,26-27,34H,3,8-15,19-20,33H2,1-2H3;3H2,1-2H3;1-2H3;2H,1H3/b21-4+,22-5+,31-28-;;;. The second kappa shape index (κ2) is 20.8. The van der Waals surface area contributed by atoms with Crippen molar-refractivity contribution >= 4 is 28.6 Å². The summed E-state index contributed by atoms with van der Waals surface area (Å²) in [6, 6.07) is 10.3. The molecule has 5 rings (SSSR count). The summed E-state index contributed by atoms with van der Waals surface area (Å²) >= 11 is 0. The molecule has 47 heavy (non-hydrogen) atoms. The third kappa shape index (κ3) is 11.4. The highest BCUT2D eigenvalue weighted by molar-refractivity contribution is 7.85. The van der Waals surface area contributed by atoms with Gasteiger partial charge in [0.05, 0.1) is 24.8 Å². The van der Waals surface area contributed by atoms with Gasteiger partial charge in [0.1, 0.15) is 17.9 Å². The third-order valence-electron chi connectivity index (χ3n) is 8.18. The molecule has 10 heteroatoms. The predicted octanol–water partition coefficient (Wildman–Crippen LogP) is 4.08. The van der Waals surface area contributed by atoms with Crippen LogP contribution in [0.2, 0.25) is 0 Å². The van der Waals surface area contributed by atoms with Crippen molar-refractivity contribution in [3.8, 4) is 11.8 Å². The minimum Gasteiger partial charge on any atom is -0.489 e. The van der Waals surface area contributed by atoms with Crippen LogP contribution in [0.15, 0.2) is 42.1 Å². The van der Waals surface area contributed by atoms with Crippen LogP contribution < -0.4 is 21.0 Å². The highest BCUT2D eigenvalue weighted by atomic mass is 32.2. The van der Waals surface area contributed by atoms with Gasteiger partial charge in [-0.3, -0.25) is 9.11 Å². The molecule has 0 saturated carbocycles. The van der Waals surface area contributed by atoms with Gasteiger partial charge < -0.3 is 30.2 Å². The van der Waals surface area contributed by atoms with Gasteiger partial charge in [-0.2, -0.15) is 5.26 Å². The van der Waals surface area contributed by atoms with Crippen LogP contribution in [0.3, 0.4) is 0 Å². The Kier molecular flexibility index (Phi) is 17.6. The number of hydrogen-bond donors (Lipinski definition) is 3. The number of aliphatic hydroxyl groups excluding tert-OH is 1. The summed E-state index contributed by atoms with van der Waals surface area (Å²) in [5.74, 6) is 1.83. The van der Waals surface area contributed by atoms with Gasteiger partial charge in [0.25, 0.3) is 0 Å². The number of hydrogen-bond acceptors (Lipinski definition) is 8. The van der Waals surface area contributed by atoms with Crippen LogP contribution in [0.1, 0.15) is 77.6 Å². The number of rotatable bonds is 7. The van der Waals surface area contributed by atoms with Crippen LogP contribution in [-0.4, -0.2) is 94.3 Å². The molecule has 1 aromatic carbocycles. The second-order valence-electron chi connectivity index (χ2n) is 11.6. The van der Waals surface area contributed by atoms with E-state index in [1.807, 2.05) is 26.0 Å². The molecule has 0 aliphatic carbocycles. The molecule has 260 valence electrons. The Morgan fingerprint density at radius 1 is 1.13 bits per heavy atom. The van der Waals surface area contributed by atoms with Crippen LogP contribution >= 0.6 is 0 Å². The SMILES string of the molecule is C=c1[nH]c(/C(C)=C/C=C(\C)N2CCN(C3COC3)CC2)c/c1=C(/N)c1ccc(OC2CCS(=O)CC2)c(C#N)c1.CC.CCC.CO. The Hall–Kier alpha value is -3.36. The zero-order chi connectivity index (χ0) is 34.9. The number of nitriles is 1. The lowest BCUT2D eigenvalue weighted by molar-refractivity contribution is -0.0747. The van der Waals surface area contributed by atoms with Gasteiger partial charge in [-0.05, 0) is 68.2 Å². The zero-order valence-corrected chi connectivity index (χ0v) is 30.4. The lowest BCUT2D eigenvalue weighted by Gasteiger charge is -2.43. The summed E-state index contributed by atoms with van der Waals surface area (Å²) in [5.41, 5.74) is 11.6. The van der Waals surface area contributed by atoms with Crippen molar-refractivity contribution in [2.45, 2.75) is 73.0 Å². The Balaban J connectivity index is 0.00000102. The van der Waals surface area contributed by atoms with E-state index in [-0.39, 0.29) is 6.10 Å². The number of aromatic amines is 1. The monoisotopic (exact) mass is 667 g/mol. The van der Waals surface area contributed by atoms with E-state index in [1.165, 1.54) is 12.1 Å². The molecule has 2 aromatic rings. The fraction of sp³-hybridized carbons (Fsp3) is 0.541. The normalized spacial score (nSPS) is 21.0. The largest absolute Gasteiger partial charge is 0.489 e. The molecule has 1 aromatic heterocycles. The number of nitrogens with one attached hydrogen (secondary N) is 1. The Morgan fingerprint density at radius 3 is 2.30 bits per heavy atom. The number of allylic oxidation sites excluding steroid dienone is 4. The molecule has 3 aliphatic rings. The predicted molar refractivity (Wildman–Crippen MR) is 196 cm³/mol. The quantitative estimate of drug-likeness (QED) is 0.377. The summed E-state index contributed by atoms with van der Waals surface area (Å²) in [7, 11) is 0.244. The minimum atomic E-state index is -0.756. The van der Waals surface area contributed by atoms with E-state index in [0.29, 0.717) is 34.6 Å². The smallest absolute Gasteiger partial charge is 0.137 e. The molecule has 4 N–H and O–H groups in total. The van der Waals surface area contributed by atoms with Gasteiger partial charge in [-0.1, -0.05) is 46.8 Å². The number of aromatic nitrogens is 1. The molecule has 4 heterocycles. The lowest BCUT2D eigenvalue weighted by atomic mass is 10.1. The Labute approximate surface area is 284 Å². The van der Waals surface area contributed by atoms with Crippen LogP contribution in [-0.2, 0) is 15.5 Å².